The summed E-state index contributed by atoms with van der Waals surface area (Å²) < 4.78 is 0. The Morgan fingerprint density at radius 1 is 1.56 bits per heavy atom. The molecule has 0 spiro atoms. The number of nitrogens with one attached hydrogen (secondary N) is 1. The second-order valence-electron chi connectivity index (χ2n) is 4.35. The number of halogens is 1. The zero-order valence-electron chi connectivity index (χ0n) is 10.4. The highest BCUT2D eigenvalue weighted by Crippen LogP contribution is 2.30. The van der Waals surface area contributed by atoms with Crippen LogP contribution in [0.5, 0.6) is 0 Å². The van der Waals surface area contributed by atoms with Crippen LogP contribution in [0.15, 0.2) is 18.2 Å². The minimum atomic E-state index is -0.119. The molecule has 0 aliphatic heterocycles. The summed E-state index contributed by atoms with van der Waals surface area (Å²) in [6, 6.07) is 5.38. The van der Waals surface area contributed by atoms with E-state index in [9.17, 15) is 4.79 Å². The maximum atomic E-state index is 12.1. The number of amides is 1. The molecular weight excluding hydrogens is 268 g/mol. The van der Waals surface area contributed by atoms with Gasteiger partial charge in [-0.05, 0) is 30.7 Å². The fourth-order valence-corrected chi connectivity index (χ4v) is 3.64. The molecule has 2 rings (SSSR count). The molecule has 98 valence electrons. The van der Waals surface area contributed by atoms with Crippen LogP contribution < -0.4 is 5.32 Å². The molecule has 0 saturated heterocycles. The van der Waals surface area contributed by atoms with E-state index in [1.807, 2.05) is 11.8 Å². The number of carbonyl (C=O) groups is 1. The Kier molecular flexibility index (Phi) is 4.89. The molecule has 0 bridgehead atoms. The number of aromatic nitrogens is 1. The Bertz CT molecular complexity index is 427. The maximum absolute atomic E-state index is 12.1. The molecule has 1 fully saturated rings. The third kappa shape index (κ3) is 3.39. The predicted molar refractivity (Wildman–Crippen MR) is 76.3 cm³/mol. The first-order chi connectivity index (χ1) is 8.70. The van der Waals surface area contributed by atoms with Crippen LogP contribution in [0.4, 0.5) is 0 Å². The lowest BCUT2D eigenvalue weighted by molar-refractivity contribution is 0.0933. The third-order valence-corrected chi connectivity index (χ3v) is 4.63. The van der Waals surface area contributed by atoms with Gasteiger partial charge in [0.2, 0.25) is 0 Å². The van der Waals surface area contributed by atoms with Crippen LogP contribution in [0.25, 0.3) is 0 Å². The highest BCUT2D eigenvalue weighted by atomic mass is 35.5. The van der Waals surface area contributed by atoms with Gasteiger partial charge in [0, 0.05) is 11.3 Å². The minimum absolute atomic E-state index is 0.119. The van der Waals surface area contributed by atoms with Crippen LogP contribution in [0, 0.1) is 0 Å². The maximum Gasteiger partial charge on any atom is 0.270 e. The average Bonchev–Trinajstić information content (AvgIpc) is 2.77. The number of hydrogen-bond acceptors (Lipinski definition) is 3. The molecule has 5 heteroatoms. The number of nitrogens with zero attached hydrogens (tertiary/aromatic N) is 1. The molecule has 0 aromatic carbocycles. The number of carbonyl (C=O) groups excluding carboxylic acids is 1. The van der Waals surface area contributed by atoms with Crippen molar-refractivity contribution in [3.63, 3.8) is 0 Å². The van der Waals surface area contributed by atoms with Gasteiger partial charge in [0.05, 0.1) is 0 Å². The molecule has 1 aromatic heterocycles. The van der Waals surface area contributed by atoms with Crippen molar-refractivity contribution >= 4 is 29.3 Å². The largest absolute Gasteiger partial charge is 0.347 e. The molecule has 2 unspecified atom stereocenters. The zero-order valence-corrected chi connectivity index (χ0v) is 11.9. The van der Waals surface area contributed by atoms with Crippen molar-refractivity contribution in [1.29, 1.82) is 0 Å². The van der Waals surface area contributed by atoms with Crippen molar-refractivity contribution in [2.45, 2.75) is 37.5 Å². The first-order valence-corrected chi connectivity index (χ1v) is 7.68. The fourth-order valence-electron chi connectivity index (χ4n) is 2.28. The zero-order chi connectivity index (χ0) is 13.0. The van der Waals surface area contributed by atoms with E-state index in [0.29, 0.717) is 16.1 Å². The van der Waals surface area contributed by atoms with Crippen molar-refractivity contribution in [1.82, 2.24) is 10.3 Å². The summed E-state index contributed by atoms with van der Waals surface area (Å²) in [6.07, 6.45) is 3.43. The van der Waals surface area contributed by atoms with Gasteiger partial charge in [-0.2, -0.15) is 11.8 Å². The summed E-state index contributed by atoms with van der Waals surface area (Å²) in [5.41, 5.74) is 0.398. The van der Waals surface area contributed by atoms with E-state index in [1.165, 1.54) is 12.8 Å². The summed E-state index contributed by atoms with van der Waals surface area (Å²) in [4.78, 5) is 16.1. The number of pyridine rings is 1. The number of thioether (sulfide) groups is 1. The van der Waals surface area contributed by atoms with E-state index in [1.54, 1.807) is 18.2 Å². The number of rotatable bonds is 4. The lowest BCUT2D eigenvalue weighted by Crippen LogP contribution is -2.39. The van der Waals surface area contributed by atoms with Crippen molar-refractivity contribution in [2.24, 2.45) is 0 Å². The van der Waals surface area contributed by atoms with Gasteiger partial charge in [0.1, 0.15) is 10.8 Å². The van der Waals surface area contributed by atoms with E-state index < -0.39 is 0 Å². The van der Waals surface area contributed by atoms with Gasteiger partial charge in [0.25, 0.3) is 5.91 Å². The van der Waals surface area contributed by atoms with Crippen LogP contribution >= 0.6 is 23.4 Å². The van der Waals surface area contributed by atoms with Gasteiger partial charge in [-0.25, -0.2) is 4.98 Å². The van der Waals surface area contributed by atoms with Crippen LogP contribution in [0.1, 0.15) is 36.7 Å². The summed E-state index contributed by atoms with van der Waals surface area (Å²) in [5.74, 6) is 0.970. The second kappa shape index (κ2) is 6.43. The van der Waals surface area contributed by atoms with Gasteiger partial charge in [-0.3, -0.25) is 4.79 Å². The molecule has 0 radical (unpaired) electrons. The second-order valence-corrected chi connectivity index (χ2v) is 6.25. The topological polar surface area (TPSA) is 42.0 Å². The molecule has 1 heterocycles. The third-order valence-electron chi connectivity index (χ3n) is 3.10. The van der Waals surface area contributed by atoms with Crippen molar-refractivity contribution in [3.8, 4) is 0 Å². The Hall–Kier alpha value is -0.740. The average molecular weight is 285 g/mol. The normalized spacial score (nSPS) is 23.0. The molecule has 1 aliphatic rings. The molecule has 1 aromatic rings. The predicted octanol–water partition coefficient (Wildman–Crippen LogP) is 3.14. The smallest absolute Gasteiger partial charge is 0.270 e. The van der Waals surface area contributed by atoms with Crippen LogP contribution in [-0.2, 0) is 0 Å². The van der Waals surface area contributed by atoms with E-state index in [2.05, 4.69) is 17.2 Å². The van der Waals surface area contributed by atoms with Crippen molar-refractivity contribution in [3.05, 3.63) is 29.0 Å². The molecule has 1 saturated carbocycles. The lowest BCUT2D eigenvalue weighted by atomic mass is 10.2. The van der Waals surface area contributed by atoms with Crippen LogP contribution in [0.2, 0.25) is 5.15 Å². The van der Waals surface area contributed by atoms with Gasteiger partial charge >= 0.3 is 0 Å². The summed E-state index contributed by atoms with van der Waals surface area (Å²) in [6.45, 7) is 2.15. The fraction of sp³-hybridized carbons (Fsp3) is 0.538. The molecule has 18 heavy (non-hydrogen) atoms. The van der Waals surface area contributed by atoms with E-state index in [-0.39, 0.29) is 11.9 Å². The molecule has 2 atom stereocenters. The van der Waals surface area contributed by atoms with E-state index >= 15 is 0 Å². The number of hydrogen-bond donors (Lipinski definition) is 1. The minimum Gasteiger partial charge on any atom is -0.347 e. The van der Waals surface area contributed by atoms with Crippen molar-refractivity contribution < 1.29 is 4.79 Å². The first-order valence-electron chi connectivity index (χ1n) is 6.25. The molecule has 1 aliphatic carbocycles. The van der Waals surface area contributed by atoms with E-state index in [0.717, 1.165) is 12.2 Å². The molecular formula is C13H17ClN2OS. The highest BCUT2D eigenvalue weighted by molar-refractivity contribution is 7.99. The molecule has 1 N–H and O–H groups in total. The quantitative estimate of drug-likeness (QED) is 0.864. The Balaban J connectivity index is 1.98. The summed E-state index contributed by atoms with van der Waals surface area (Å²) in [5, 5.41) is 3.97. The first kappa shape index (κ1) is 13.7. The molecule has 3 nitrogen and oxygen atoms in total. The van der Waals surface area contributed by atoms with Gasteiger partial charge in [-0.15, -0.1) is 0 Å². The van der Waals surface area contributed by atoms with Crippen LogP contribution in [-0.4, -0.2) is 27.9 Å². The Morgan fingerprint density at radius 2 is 2.39 bits per heavy atom. The van der Waals surface area contributed by atoms with Gasteiger partial charge in [-0.1, -0.05) is 31.0 Å². The summed E-state index contributed by atoms with van der Waals surface area (Å²) in [7, 11) is 0. The van der Waals surface area contributed by atoms with Gasteiger partial charge in [0.15, 0.2) is 0 Å². The lowest BCUT2D eigenvalue weighted by Gasteiger charge is -2.19. The standard InChI is InChI=1S/C13H17ClN2OS/c1-2-18-11-7-3-5-9(11)16-13(17)10-6-4-8-12(14)15-10/h4,6,8-9,11H,2-3,5,7H2,1H3,(H,16,17). The summed E-state index contributed by atoms with van der Waals surface area (Å²) >= 11 is 7.71. The Morgan fingerprint density at radius 3 is 3.11 bits per heavy atom. The molecule has 1 amide bonds. The monoisotopic (exact) mass is 284 g/mol. The Labute approximate surface area is 117 Å². The highest BCUT2D eigenvalue weighted by Gasteiger charge is 2.28. The van der Waals surface area contributed by atoms with Gasteiger partial charge < -0.3 is 5.32 Å². The van der Waals surface area contributed by atoms with E-state index in [4.69, 9.17) is 11.6 Å². The SMILES string of the molecule is CCSC1CCCC1NC(=O)c1cccc(Cl)n1. The van der Waals surface area contributed by atoms with Crippen LogP contribution in [0.3, 0.4) is 0 Å². The van der Waals surface area contributed by atoms with Crippen molar-refractivity contribution in [2.75, 3.05) is 5.75 Å².